The number of rotatable bonds is 12. The van der Waals surface area contributed by atoms with E-state index in [-0.39, 0.29) is 12.6 Å². The van der Waals surface area contributed by atoms with E-state index >= 15 is 0 Å². The molecule has 0 aliphatic rings. The Balaban J connectivity index is 3.01. The molecule has 0 aromatic heterocycles. The molecular weight excluding hydrogens is 359 g/mol. The van der Waals surface area contributed by atoms with Crippen LogP contribution in [-0.4, -0.2) is 45.6 Å². The Labute approximate surface area is 119 Å². The summed E-state index contributed by atoms with van der Waals surface area (Å²) in [4.78, 5) is 10.9. The van der Waals surface area contributed by atoms with Crippen molar-refractivity contribution in [3.05, 3.63) is 0 Å². The minimum atomic E-state index is -0.308. The van der Waals surface area contributed by atoms with Gasteiger partial charge in [-0.25, -0.2) is 4.79 Å². The maximum absolute atomic E-state index is 10.9. The van der Waals surface area contributed by atoms with Crippen molar-refractivity contribution < 1.29 is 23.2 Å². The lowest BCUT2D eigenvalue weighted by Gasteiger charge is -2.05. The van der Waals surface area contributed by atoms with E-state index in [4.69, 9.17) is 18.4 Å². The van der Waals surface area contributed by atoms with Gasteiger partial charge in [0.2, 0.25) is 0 Å². The summed E-state index contributed by atoms with van der Waals surface area (Å²) in [5.74, 6) is -0.308. The first-order valence-electron chi connectivity index (χ1n) is 5.52. The van der Waals surface area contributed by atoms with Gasteiger partial charge in [-0.05, 0) is 19.8 Å². The van der Waals surface area contributed by atoms with Crippen LogP contribution in [0, 0.1) is 0 Å². The van der Waals surface area contributed by atoms with E-state index in [0.29, 0.717) is 33.0 Å². The van der Waals surface area contributed by atoms with Gasteiger partial charge >= 0.3 is 5.97 Å². The van der Waals surface area contributed by atoms with Crippen LogP contribution in [0.1, 0.15) is 19.8 Å². The molecule has 102 valence electrons. The van der Waals surface area contributed by atoms with Gasteiger partial charge in [-0.3, -0.25) is 0 Å². The highest BCUT2D eigenvalue weighted by atomic mass is 127. The molecule has 0 radical (unpaired) electrons. The van der Waals surface area contributed by atoms with Gasteiger partial charge in [0.25, 0.3) is 0 Å². The smallest absolute Gasteiger partial charge is 0.332 e. The first-order valence-corrected chi connectivity index (χ1v) is 8.81. The molecule has 0 aromatic carbocycles. The summed E-state index contributed by atoms with van der Waals surface area (Å²) in [5, 5.41) is 0. The molecule has 0 saturated carbocycles. The number of halogens is 1. The largest absolute Gasteiger partial charge is 0.464 e. The minimum Gasteiger partial charge on any atom is -0.464 e. The quantitative estimate of drug-likeness (QED) is 0.225. The van der Waals surface area contributed by atoms with Gasteiger partial charge in [0.15, 0.2) is 0 Å². The summed E-state index contributed by atoms with van der Waals surface area (Å²) in [7, 11) is 1.31. The molecule has 0 atom stereocenters. The molecule has 0 rings (SSSR count). The number of ether oxygens (including phenoxy) is 3. The molecule has 0 aliphatic heterocycles. The summed E-state index contributed by atoms with van der Waals surface area (Å²) < 4.78 is 20.2. The van der Waals surface area contributed by atoms with Gasteiger partial charge in [-0.2, -0.15) is 0 Å². The predicted molar refractivity (Wildman–Crippen MR) is 75.1 cm³/mol. The van der Waals surface area contributed by atoms with Crippen molar-refractivity contribution in [3.63, 3.8) is 0 Å². The Morgan fingerprint density at radius 1 is 1.12 bits per heavy atom. The summed E-state index contributed by atoms with van der Waals surface area (Å²) in [6.07, 6.45) is 1.79. The third kappa shape index (κ3) is 14.4. The van der Waals surface area contributed by atoms with Gasteiger partial charge in [0.1, 0.15) is 6.61 Å². The van der Waals surface area contributed by atoms with E-state index in [1.165, 1.54) is 9.21 Å². The second-order valence-corrected chi connectivity index (χ2v) is 4.50. The average Bonchev–Trinajstić information content (AvgIpc) is 2.32. The SMILES string of the molecule is CCOC(=O)COCCCCOCCOSI. The minimum absolute atomic E-state index is 0.0371. The van der Waals surface area contributed by atoms with E-state index in [9.17, 15) is 4.79 Å². The molecule has 0 aromatic rings. The molecular formula is C10H19IO5S. The second-order valence-electron chi connectivity index (χ2n) is 3.06. The van der Waals surface area contributed by atoms with Crippen LogP contribution in [0.5, 0.6) is 0 Å². The number of hydrogen-bond donors (Lipinski definition) is 0. The third-order valence-corrected chi connectivity index (χ3v) is 2.73. The molecule has 0 aliphatic carbocycles. The van der Waals surface area contributed by atoms with Crippen LogP contribution >= 0.6 is 30.4 Å². The molecule has 17 heavy (non-hydrogen) atoms. The topological polar surface area (TPSA) is 54.0 Å². The molecule has 0 bridgehead atoms. The molecule has 0 saturated heterocycles. The van der Waals surface area contributed by atoms with Crippen molar-refractivity contribution in [3.8, 4) is 0 Å². The molecule has 0 fully saturated rings. The summed E-state index contributed by atoms with van der Waals surface area (Å²) in [6.45, 7) is 4.67. The highest BCUT2D eigenvalue weighted by Gasteiger charge is 2.00. The van der Waals surface area contributed by atoms with E-state index in [2.05, 4.69) is 21.2 Å². The van der Waals surface area contributed by atoms with E-state index in [1.54, 1.807) is 6.92 Å². The number of esters is 1. The maximum atomic E-state index is 10.9. The van der Waals surface area contributed by atoms with E-state index in [1.807, 2.05) is 0 Å². The lowest BCUT2D eigenvalue weighted by atomic mass is 10.3. The van der Waals surface area contributed by atoms with Gasteiger partial charge in [0.05, 0.1) is 29.0 Å². The van der Waals surface area contributed by atoms with Crippen LogP contribution in [0.15, 0.2) is 0 Å². The van der Waals surface area contributed by atoms with E-state index < -0.39 is 0 Å². The fourth-order valence-corrected chi connectivity index (χ4v) is 1.66. The van der Waals surface area contributed by atoms with Crippen molar-refractivity contribution in [2.75, 3.05) is 39.6 Å². The fraction of sp³-hybridized carbons (Fsp3) is 0.900. The summed E-state index contributed by atoms with van der Waals surface area (Å²) >= 11 is 2.07. The zero-order chi connectivity index (χ0) is 12.8. The Hall–Kier alpha value is 0.430. The number of unbranched alkanes of at least 4 members (excludes halogenated alkanes) is 1. The first-order chi connectivity index (χ1) is 8.31. The second kappa shape index (κ2) is 14.5. The monoisotopic (exact) mass is 378 g/mol. The Morgan fingerprint density at radius 2 is 1.82 bits per heavy atom. The van der Waals surface area contributed by atoms with E-state index in [0.717, 1.165) is 12.8 Å². The Morgan fingerprint density at radius 3 is 2.47 bits per heavy atom. The van der Waals surface area contributed by atoms with Gasteiger partial charge in [0, 0.05) is 34.4 Å². The molecule has 0 spiro atoms. The van der Waals surface area contributed by atoms with Crippen molar-refractivity contribution in [1.29, 1.82) is 0 Å². The number of hydrogen-bond acceptors (Lipinski definition) is 6. The van der Waals surface area contributed by atoms with Crippen LogP contribution in [0.25, 0.3) is 0 Å². The maximum Gasteiger partial charge on any atom is 0.332 e. The van der Waals surface area contributed by atoms with Crippen molar-refractivity contribution in [1.82, 2.24) is 0 Å². The molecule has 5 nitrogen and oxygen atoms in total. The first kappa shape index (κ1) is 17.4. The predicted octanol–water partition coefficient (Wildman–Crippen LogP) is 2.38. The standard InChI is InChI=1S/C10H19IO5S/c1-2-15-10(12)9-14-6-4-3-5-13-7-8-16-17-11/h2-9H2,1H3. The van der Waals surface area contributed by atoms with Crippen molar-refractivity contribution in [2.24, 2.45) is 0 Å². The van der Waals surface area contributed by atoms with Crippen LogP contribution < -0.4 is 0 Å². The Bertz CT molecular complexity index is 182. The average molecular weight is 378 g/mol. The van der Waals surface area contributed by atoms with Crippen LogP contribution in [0.3, 0.4) is 0 Å². The van der Waals surface area contributed by atoms with Crippen molar-refractivity contribution >= 4 is 36.4 Å². The zero-order valence-corrected chi connectivity index (χ0v) is 13.0. The molecule has 0 amide bonds. The summed E-state index contributed by atoms with van der Waals surface area (Å²) in [6, 6.07) is 0. The number of carbonyl (C=O) groups is 1. The Kier molecular flexibility index (Phi) is 14.9. The molecule has 7 heteroatoms. The van der Waals surface area contributed by atoms with Gasteiger partial charge < -0.3 is 18.4 Å². The third-order valence-electron chi connectivity index (χ3n) is 1.71. The van der Waals surface area contributed by atoms with Crippen molar-refractivity contribution in [2.45, 2.75) is 19.8 Å². The normalized spacial score (nSPS) is 10.5. The van der Waals surface area contributed by atoms with Gasteiger partial charge in [-0.15, -0.1) is 0 Å². The lowest BCUT2D eigenvalue weighted by molar-refractivity contribution is -0.148. The lowest BCUT2D eigenvalue weighted by Crippen LogP contribution is -2.13. The molecule has 0 heterocycles. The highest BCUT2D eigenvalue weighted by molar-refractivity contribution is 14.2. The highest BCUT2D eigenvalue weighted by Crippen LogP contribution is 2.11. The fourth-order valence-electron chi connectivity index (χ4n) is 0.993. The van der Waals surface area contributed by atoms with Crippen LogP contribution in [0.4, 0.5) is 0 Å². The zero-order valence-electron chi connectivity index (χ0n) is 9.98. The number of carbonyl (C=O) groups excluding carboxylic acids is 1. The summed E-state index contributed by atoms with van der Waals surface area (Å²) in [5.41, 5.74) is 0. The molecule has 0 N–H and O–H groups in total. The van der Waals surface area contributed by atoms with Crippen LogP contribution in [-0.2, 0) is 23.2 Å². The molecule has 0 unspecified atom stereocenters. The van der Waals surface area contributed by atoms with Crippen LogP contribution in [0.2, 0.25) is 0 Å². The van der Waals surface area contributed by atoms with Gasteiger partial charge in [-0.1, -0.05) is 0 Å².